The van der Waals surface area contributed by atoms with Crippen LogP contribution in [0, 0.1) is 11.8 Å². The molecule has 42 heavy (non-hydrogen) atoms. The molecule has 0 radical (unpaired) electrons. The molecule has 230 valence electrons. The predicted molar refractivity (Wildman–Crippen MR) is 165 cm³/mol. The summed E-state index contributed by atoms with van der Waals surface area (Å²) in [6.07, 6.45) is 7.50. The normalized spacial score (nSPS) is 15.4. The first-order valence-electron chi connectivity index (χ1n) is 15.2. The molecule has 0 unspecified atom stereocenters. The molecule has 1 aliphatic rings. The molecule has 0 atom stereocenters. The highest BCUT2D eigenvalue weighted by atomic mass is 16.7. The molecule has 8 nitrogen and oxygen atoms in total. The molecule has 1 heterocycles. The van der Waals surface area contributed by atoms with Crippen molar-refractivity contribution in [3.63, 3.8) is 0 Å². The van der Waals surface area contributed by atoms with Crippen molar-refractivity contribution < 1.29 is 28.5 Å². The van der Waals surface area contributed by atoms with Crippen molar-refractivity contribution in [2.75, 3.05) is 20.8 Å². The highest BCUT2D eigenvalue weighted by Crippen LogP contribution is 2.34. The summed E-state index contributed by atoms with van der Waals surface area (Å²) >= 11 is 0. The molecule has 1 aliphatic heterocycles. The van der Waals surface area contributed by atoms with Crippen LogP contribution in [0.1, 0.15) is 84.3 Å². The maximum atomic E-state index is 13.4. The average molecular weight is 581 g/mol. The number of benzene rings is 2. The Morgan fingerprint density at radius 3 is 2.17 bits per heavy atom. The summed E-state index contributed by atoms with van der Waals surface area (Å²) in [4.78, 5) is 33.7. The van der Waals surface area contributed by atoms with Gasteiger partial charge in [0.2, 0.25) is 5.92 Å². The van der Waals surface area contributed by atoms with Gasteiger partial charge in [0.05, 0.1) is 14.2 Å². The van der Waals surface area contributed by atoms with Gasteiger partial charge in [-0.2, -0.15) is 0 Å². The number of unbranched alkanes of at least 4 members (excludes halogenated alkanes) is 4. The SMILES string of the molecule is CCCCCCCN(Cc1ccc(CCC(C)C)cc1)C(=Nc1ccc(OC)cc1OC)C1C(=O)OC(C)(C)OC1=O. The number of cyclic esters (lactones) is 2. The van der Waals surface area contributed by atoms with Crippen LogP contribution in [-0.2, 0) is 32.0 Å². The quantitative estimate of drug-likeness (QED) is 0.0721. The van der Waals surface area contributed by atoms with Gasteiger partial charge in [0.1, 0.15) is 23.0 Å². The molecule has 0 spiro atoms. The molecule has 0 saturated carbocycles. The summed E-state index contributed by atoms with van der Waals surface area (Å²) in [5, 5.41) is 0. The molecule has 2 aromatic rings. The molecule has 3 rings (SSSR count). The van der Waals surface area contributed by atoms with Gasteiger partial charge >= 0.3 is 11.9 Å². The summed E-state index contributed by atoms with van der Waals surface area (Å²) in [7, 11) is 3.12. The molecule has 1 saturated heterocycles. The molecule has 0 amide bonds. The van der Waals surface area contributed by atoms with E-state index >= 15 is 0 Å². The van der Waals surface area contributed by atoms with Crippen molar-refractivity contribution in [1.82, 2.24) is 4.90 Å². The maximum Gasteiger partial charge on any atom is 0.331 e. The van der Waals surface area contributed by atoms with Crippen LogP contribution in [0.25, 0.3) is 0 Å². The number of methoxy groups -OCH3 is 2. The van der Waals surface area contributed by atoms with E-state index in [0.29, 0.717) is 36.2 Å². The summed E-state index contributed by atoms with van der Waals surface area (Å²) in [5.41, 5.74) is 2.82. The van der Waals surface area contributed by atoms with Crippen LogP contribution >= 0.6 is 0 Å². The van der Waals surface area contributed by atoms with Gasteiger partial charge < -0.3 is 23.8 Å². The number of amidine groups is 1. The van der Waals surface area contributed by atoms with Crippen molar-refractivity contribution >= 4 is 23.5 Å². The Morgan fingerprint density at radius 2 is 1.57 bits per heavy atom. The van der Waals surface area contributed by atoms with Crippen molar-refractivity contribution in [3.05, 3.63) is 53.6 Å². The van der Waals surface area contributed by atoms with E-state index in [1.807, 2.05) is 4.90 Å². The zero-order valence-electron chi connectivity index (χ0n) is 26.4. The second-order valence-electron chi connectivity index (χ2n) is 11.8. The van der Waals surface area contributed by atoms with Gasteiger partial charge in [-0.25, -0.2) is 4.99 Å². The first-order valence-corrected chi connectivity index (χ1v) is 15.2. The number of aryl methyl sites for hydroxylation is 1. The summed E-state index contributed by atoms with van der Waals surface area (Å²) in [6.45, 7) is 10.8. The second-order valence-corrected chi connectivity index (χ2v) is 11.8. The Kier molecular flexibility index (Phi) is 12.3. The van der Waals surface area contributed by atoms with Crippen molar-refractivity contribution in [2.24, 2.45) is 16.8 Å². The number of nitrogens with zero attached hydrogens (tertiary/aromatic N) is 2. The van der Waals surface area contributed by atoms with E-state index in [0.717, 1.165) is 50.5 Å². The molecular weight excluding hydrogens is 532 g/mol. The molecule has 8 heteroatoms. The lowest BCUT2D eigenvalue weighted by Crippen LogP contribution is -2.52. The number of aliphatic imine (C=N–C) groups is 1. The van der Waals surface area contributed by atoms with Crippen LogP contribution in [0.2, 0.25) is 0 Å². The standard InChI is InChI=1S/C34H48N2O6/c1-8-9-10-11-12-21-36(23-26-17-15-25(16-18-26)14-13-24(2)3)31(30-32(37)41-34(4,5)42-33(30)38)35-28-20-19-27(39-6)22-29(28)40-7/h15-20,22,24,30H,8-14,21,23H2,1-7H3. The van der Waals surface area contributed by atoms with Gasteiger partial charge in [-0.05, 0) is 48.4 Å². The highest BCUT2D eigenvalue weighted by molar-refractivity contribution is 6.17. The molecule has 0 bridgehead atoms. The first-order chi connectivity index (χ1) is 20.1. The van der Waals surface area contributed by atoms with Gasteiger partial charge in [0.15, 0.2) is 0 Å². The summed E-state index contributed by atoms with van der Waals surface area (Å²) < 4.78 is 22.1. The fourth-order valence-electron chi connectivity index (χ4n) is 4.92. The lowest BCUT2D eigenvalue weighted by Gasteiger charge is -2.36. The smallest absolute Gasteiger partial charge is 0.331 e. The zero-order chi connectivity index (χ0) is 30.7. The van der Waals surface area contributed by atoms with Gasteiger partial charge in [0.25, 0.3) is 5.79 Å². The third-order valence-electron chi connectivity index (χ3n) is 7.31. The van der Waals surface area contributed by atoms with Crippen molar-refractivity contribution in [1.29, 1.82) is 0 Å². The fraction of sp³-hybridized carbons (Fsp3) is 0.559. The number of hydrogen-bond donors (Lipinski definition) is 0. The number of esters is 2. The average Bonchev–Trinajstić information content (AvgIpc) is 2.94. The molecule has 2 aromatic carbocycles. The van der Waals surface area contributed by atoms with E-state index in [2.05, 4.69) is 45.0 Å². The number of rotatable bonds is 15. The maximum absolute atomic E-state index is 13.4. The van der Waals surface area contributed by atoms with E-state index in [-0.39, 0.29) is 5.84 Å². The summed E-state index contributed by atoms with van der Waals surface area (Å²) in [5.74, 6) is -2.04. The minimum atomic E-state index is -1.34. The van der Waals surface area contributed by atoms with Crippen LogP contribution in [0.3, 0.4) is 0 Å². The Morgan fingerprint density at radius 1 is 0.929 bits per heavy atom. The Hall–Kier alpha value is -3.55. The van der Waals surface area contributed by atoms with E-state index in [1.54, 1.807) is 46.3 Å². The third-order valence-corrected chi connectivity index (χ3v) is 7.31. The fourth-order valence-corrected chi connectivity index (χ4v) is 4.92. The third kappa shape index (κ3) is 9.50. The molecule has 1 fully saturated rings. The van der Waals surface area contributed by atoms with Crippen LogP contribution in [-0.4, -0.2) is 49.2 Å². The molecular formula is C34H48N2O6. The van der Waals surface area contributed by atoms with Crippen LogP contribution in [0.4, 0.5) is 5.69 Å². The second kappa shape index (κ2) is 15.6. The van der Waals surface area contributed by atoms with Crippen LogP contribution < -0.4 is 9.47 Å². The van der Waals surface area contributed by atoms with Crippen LogP contribution in [0.15, 0.2) is 47.5 Å². The van der Waals surface area contributed by atoms with E-state index in [9.17, 15) is 9.59 Å². The number of hydrogen-bond acceptors (Lipinski definition) is 7. The monoisotopic (exact) mass is 580 g/mol. The van der Waals surface area contributed by atoms with Gasteiger partial charge in [-0.3, -0.25) is 9.59 Å². The van der Waals surface area contributed by atoms with Crippen molar-refractivity contribution in [2.45, 2.75) is 91.9 Å². The van der Waals surface area contributed by atoms with E-state index < -0.39 is 23.6 Å². The van der Waals surface area contributed by atoms with E-state index in [1.165, 1.54) is 5.56 Å². The van der Waals surface area contributed by atoms with Gasteiger partial charge in [-0.1, -0.05) is 70.7 Å². The summed E-state index contributed by atoms with van der Waals surface area (Å²) in [6, 6.07) is 13.8. The lowest BCUT2D eigenvalue weighted by atomic mass is 10.0. The number of carbonyl (C=O) groups is 2. The van der Waals surface area contributed by atoms with Gasteiger partial charge in [-0.15, -0.1) is 0 Å². The van der Waals surface area contributed by atoms with Gasteiger partial charge in [0, 0.05) is 33.0 Å². The lowest BCUT2D eigenvalue weighted by molar-refractivity contribution is -0.236. The Balaban J connectivity index is 2.04. The Labute approximate surface area is 251 Å². The van der Waals surface area contributed by atoms with E-state index in [4.69, 9.17) is 23.9 Å². The Bertz CT molecular complexity index is 1190. The minimum Gasteiger partial charge on any atom is -0.497 e. The molecule has 0 N–H and O–H groups in total. The largest absolute Gasteiger partial charge is 0.497 e. The molecule has 0 aromatic heterocycles. The van der Waals surface area contributed by atoms with Crippen LogP contribution in [0.5, 0.6) is 11.5 Å². The number of ether oxygens (including phenoxy) is 4. The minimum absolute atomic E-state index is 0.281. The predicted octanol–water partition coefficient (Wildman–Crippen LogP) is 7.25. The molecule has 0 aliphatic carbocycles. The highest BCUT2D eigenvalue weighted by Gasteiger charge is 2.47. The zero-order valence-corrected chi connectivity index (χ0v) is 26.4. The van der Waals surface area contributed by atoms with Crippen molar-refractivity contribution in [3.8, 4) is 11.5 Å². The topological polar surface area (TPSA) is 86.7 Å². The first kappa shape index (κ1) is 33.0. The number of carbonyl (C=O) groups excluding carboxylic acids is 2.